The van der Waals surface area contributed by atoms with Crippen LogP contribution in [0.2, 0.25) is 0 Å². The summed E-state index contributed by atoms with van der Waals surface area (Å²) in [4.78, 5) is 4.26. The van der Waals surface area contributed by atoms with Gasteiger partial charge in [-0.2, -0.15) is 0 Å². The van der Waals surface area contributed by atoms with Crippen LogP contribution >= 0.6 is 0 Å². The number of sulfonamides is 1. The molecule has 0 radical (unpaired) electrons. The van der Waals surface area contributed by atoms with Gasteiger partial charge in [0.15, 0.2) is 11.5 Å². The van der Waals surface area contributed by atoms with Gasteiger partial charge in [-0.25, -0.2) is 18.1 Å². The average molecular weight is 344 g/mol. The molecule has 1 heterocycles. The third-order valence-electron chi connectivity index (χ3n) is 3.78. The van der Waals surface area contributed by atoms with E-state index in [1.54, 1.807) is 6.92 Å². The molecule has 0 aliphatic carbocycles. The van der Waals surface area contributed by atoms with Gasteiger partial charge in [0, 0.05) is 13.5 Å². The van der Waals surface area contributed by atoms with Crippen LogP contribution in [0.15, 0.2) is 52.9 Å². The molecule has 2 aromatic carbocycles. The van der Waals surface area contributed by atoms with Crippen molar-refractivity contribution in [3.8, 4) is 0 Å². The minimum atomic E-state index is -3.29. The third kappa shape index (κ3) is 4.43. The quantitative estimate of drug-likeness (QED) is 0.714. The fourth-order valence-corrected chi connectivity index (χ4v) is 3.63. The fourth-order valence-electron chi connectivity index (χ4n) is 2.57. The van der Waals surface area contributed by atoms with Crippen molar-refractivity contribution in [1.82, 2.24) is 9.71 Å². The second kappa shape index (κ2) is 7.15. The van der Waals surface area contributed by atoms with Gasteiger partial charge in [0.05, 0.1) is 5.75 Å². The summed E-state index contributed by atoms with van der Waals surface area (Å²) in [5.74, 6) is 0.719. The van der Waals surface area contributed by atoms with E-state index in [4.69, 9.17) is 4.42 Å². The van der Waals surface area contributed by atoms with Crippen molar-refractivity contribution >= 4 is 21.1 Å². The normalized spacial score (nSPS) is 11.9. The van der Waals surface area contributed by atoms with E-state index in [9.17, 15) is 8.42 Å². The highest BCUT2D eigenvalue weighted by Crippen LogP contribution is 2.16. The smallest absolute Gasteiger partial charge is 0.211 e. The van der Waals surface area contributed by atoms with Crippen molar-refractivity contribution < 1.29 is 12.8 Å². The summed E-state index contributed by atoms with van der Waals surface area (Å²) in [6, 6.07) is 15.4. The first-order valence-corrected chi connectivity index (χ1v) is 9.54. The first-order chi connectivity index (χ1) is 11.5. The van der Waals surface area contributed by atoms with Gasteiger partial charge in [-0.05, 0) is 36.1 Å². The van der Waals surface area contributed by atoms with Gasteiger partial charge in [0.1, 0.15) is 5.52 Å². The summed E-state index contributed by atoms with van der Waals surface area (Å²) in [5, 5.41) is 0. The van der Waals surface area contributed by atoms with Crippen LogP contribution in [0.3, 0.4) is 0 Å². The summed E-state index contributed by atoms with van der Waals surface area (Å²) < 4.78 is 32.3. The molecule has 24 heavy (non-hydrogen) atoms. The number of nitrogens with zero attached hydrogens (tertiary/aromatic N) is 1. The van der Waals surface area contributed by atoms with E-state index in [1.807, 2.05) is 48.5 Å². The molecule has 5 nitrogen and oxygen atoms in total. The second-order valence-electron chi connectivity index (χ2n) is 5.76. The van der Waals surface area contributed by atoms with Crippen molar-refractivity contribution in [2.75, 3.05) is 5.75 Å². The molecule has 126 valence electrons. The van der Waals surface area contributed by atoms with E-state index in [0.29, 0.717) is 17.9 Å². The molecule has 0 unspecified atom stereocenters. The Kier molecular flexibility index (Phi) is 4.97. The fraction of sp³-hybridized carbons (Fsp3) is 0.278. The summed E-state index contributed by atoms with van der Waals surface area (Å²) in [6.07, 6.45) is 1.35. The van der Waals surface area contributed by atoms with Gasteiger partial charge in [-0.1, -0.05) is 36.4 Å². The van der Waals surface area contributed by atoms with Crippen molar-refractivity contribution in [3.05, 3.63) is 65.5 Å². The predicted octanol–water partition coefficient (Wildman–Crippen LogP) is 3.19. The number of oxazole rings is 1. The maximum absolute atomic E-state index is 12.1. The van der Waals surface area contributed by atoms with E-state index in [-0.39, 0.29) is 12.3 Å². The molecule has 0 amide bonds. The van der Waals surface area contributed by atoms with Crippen LogP contribution in [0, 0.1) is 6.92 Å². The van der Waals surface area contributed by atoms with E-state index >= 15 is 0 Å². The lowest BCUT2D eigenvalue weighted by molar-refractivity contribution is 0.561. The molecule has 0 saturated heterocycles. The molecule has 3 aromatic rings. The second-order valence-corrected chi connectivity index (χ2v) is 7.69. The van der Waals surface area contributed by atoms with Crippen LogP contribution in [0.5, 0.6) is 0 Å². The van der Waals surface area contributed by atoms with Crippen molar-refractivity contribution in [2.45, 2.75) is 26.3 Å². The molecule has 0 saturated carbocycles. The summed E-state index contributed by atoms with van der Waals surface area (Å²) >= 11 is 0. The third-order valence-corrected chi connectivity index (χ3v) is 5.19. The van der Waals surface area contributed by atoms with E-state index in [2.05, 4.69) is 9.71 Å². The zero-order valence-electron chi connectivity index (χ0n) is 13.5. The Hall–Kier alpha value is -2.18. The molecule has 0 aliphatic rings. The maximum Gasteiger partial charge on any atom is 0.211 e. The molecule has 0 atom stereocenters. The Morgan fingerprint density at radius 3 is 2.67 bits per heavy atom. The molecule has 6 heteroatoms. The number of rotatable bonds is 7. The van der Waals surface area contributed by atoms with Crippen LogP contribution < -0.4 is 4.72 Å². The minimum Gasteiger partial charge on any atom is -0.441 e. The molecular weight excluding hydrogens is 324 g/mol. The van der Waals surface area contributed by atoms with Crippen LogP contribution in [0.25, 0.3) is 11.1 Å². The molecule has 3 rings (SSSR count). The minimum absolute atomic E-state index is 0.118. The Balaban J connectivity index is 1.53. The average Bonchev–Trinajstić information content (AvgIpc) is 2.93. The van der Waals surface area contributed by atoms with E-state index < -0.39 is 10.0 Å². The van der Waals surface area contributed by atoms with Gasteiger partial charge in [-0.15, -0.1) is 0 Å². The van der Waals surface area contributed by atoms with E-state index in [0.717, 1.165) is 23.1 Å². The largest absolute Gasteiger partial charge is 0.441 e. The summed E-state index contributed by atoms with van der Waals surface area (Å²) in [6.45, 7) is 2.05. The van der Waals surface area contributed by atoms with Crippen molar-refractivity contribution in [2.24, 2.45) is 0 Å². The van der Waals surface area contributed by atoms with Gasteiger partial charge < -0.3 is 4.42 Å². The topological polar surface area (TPSA) is 72.2 Å². The van der Waals surface area contributed by atoms with Crippen LogP contribution in [-0.2, 0) is 23.0 Å². The van der Waals surface area contributed by atoms with Crippen molar-refractivity contribution in [3.63, 3.8) is 0 Å². The molecule has 1 N–H and O–H groups in total. The lowest BCUT2D eigenvalue weighted by Crippen LogP contribution is -2.26. The van der Waals surface area contributed by atoms with Gasteiger partial charge >= 0.3 is 0 Å². The summed E-state index contributed by atoms with van der Waals surface area (Å²) in [5.41, 5.74) is 3.47. The Morgan fingerprint density at radius 2 is 1.88 bits per heavy atom. The van der Waals surface area contributed by atoms with Crippen LogP contribution in [0.1, 0.15) is 23.4 Å². The van der Waals surface area contributed by atoms with E-state index in [1.165, 1.54) is 0 Å². The van der Waals surface area contributed by atoms with Crippen LogP contribution in [-0.4, -0.2) is 19.2 Å². The SMILES string of the molecule is Cc1nc2cc(CNS(=O)(=O)CCCc3ccccc3)ccc2o1. The Bertz CT molecular complexity index is 918. The molecule has 0 fully saturated rings. The lowest BCUT2D eigenvalue weighted by Gasteiger charge is -2.07. The first-order valence-electron chi connectivity index (χ1n) is 7.89. The molecule has 1 aromatic heterocycles. The highest BCUT2D eigenvalue weighted by atomic mass is 32.2. The first kappa shape index (κ1) is 16.7. The lowest BCUT2D eigenvalue weighted by atomic mass is 10.1. The monoisotopic (exact) mass is 344 g/mol. The molecular formula is C18H20N2O3S. The highest BCUT2D eigenvalue weighted by Gasteiger charge is 2.11. The molecule has 0 aliphatic heterocycles. The number of aromatic nitrogens is 1. The number of hydrogen-bond acceptors (Lipinski definition) is 4. The zero-order chi connectivity index (χ0) is 17.0. The van der Waals surface area contributed by atoms with Crippen LogP contribution in [0.4, 0.5) is 0 Å². The van der Waals surface area contributed by atoms with Gasteiger partial charge in [0.2, 0.25) is 10.0 Å². The molecule has 0 spiro atoms. The number of benzene rings is 2. The number of fused-ring (bicyclic) bond motifs is 1. The number of nitrogens with one attached hydrogen (secondary N) is 1. The Labute approximate surface area is 141 Å². The molecule has 0 bridgehead atoms. The van der Waals surface area contributed by atoms with Crippen molar-refractivity contribution in [1.29, 1.82) is 0 Å². The standard InChI is InChI=1S/C18H20N2O3S/c1-14-20-17-12-16(9-10-18(17)23-14)13-19-24(21,22)11-5-8-15-6-3-2-4-7-15/h2-4,6-7,9-10,12,19H,5,8,11,13H2,1H3. The number of aryl methyl sites for hydroxylation is 2. The Morgan fingerprint density at radius 1 is 1.08 bits per heavy atom. The van der Waals surface area contributed by atoms with Gasteiger partial charge in [0.25, 0.3) is 0 Å². The highest BCUT2D eigenvalue weighted by molar-refractivity contribution is 7.89. The zero-order valence-corrected chi connectivity index (χ0v) is 14.3. The summed E-state index contributed by atoms with van der Waals surface area (Å²) in [7, 11) is -3.29. The maximum atomic E-state index is 12.1. The predicted molar refractivity (Wildman–Crippen MR) is 94.1 cm³/mol. The number of hydrogen-bond donors (Lipinski definition) is 1. The van der Waals surface area contributed by atoms with Gasteiger partial charge in [-0.3, -0.25) is 0 Å².